The number of hydrogen-bond acceptors (Lipinski definition) is 4. The van der Waals surface area contributed by atoms with Crippen LogP contribution in [0.1, 0.15) is 34.2 Å². The van der Waals surface area contributed by atoms with Crippen molar-refractivity contribution in [3.05, 3.63) is 95.1 Å². The molecule has 0 aromatic heterocycles. The Labute approximate surface area is 184 Å². The minimum atomic E-state index is -1.32. The Morgan fingerprint density at radius 2 is 1.41 bits per heavy atom. The van der Waals surface area contributed by atoms with Gasteiger partial charge in [0.15, 0.2) is 6.04 Å². The van der Waals surface area contributed by atoms with E-state index in [1.165, 1.54) is 24.3 Å². The van der Waals surface area contributed by atoms with Gasteiger partial charge in [-0.15, -0.1) is 0 Å². The Kier molecular flexibility index (Phi) is 5.89. The second-order valence-electron chi connectivity index (χ2n) is 7.55. The second-order valence-corrected chi connectivity index (χ2v) is 7.55. The number of carbonyl (C=O) groups is 3. The minimum Gasteiger partial charge on any atom is -0.481 e. The van der Waals surface area contributed by atoms with Crippen molar-refractivity contribution in [2.24, 2.45) is 0 Å². The molecule has 1 unspecified atom stereocenters. The topological polar surface area (TPSA) is 113 Å². The summed E-state index contributed by atoms with van der Waals surface area (Å²) < 4.78 is 5.43. The predicted octanol–water partition coefficient (Wildman–Crippen LogP) is 3.98. The van der Waals surface area contributed by atoms with Crippen LogP contribution in [0.4, 0.5) is 4.79 Å². The van der Waals surface area contributed by atoms with Gasteiger partial charge in [0.2, 0.25) is 0 Å². The Balaban J connectivity index is 1.45. The van der Waals surface area contributed by atoms with Crippen molar-refractivity contribution >= 4 is 18.0 Å². The van der Waals surface area contributed by atoms with Crippen molar-refractivity contribution in [2.75, 3.05) is 6.61 Å². The molecule has 32 heavy (non-hydrogen) atoms. The summed E-state index contributed by atoms with van der Waals surface area (Å²) in [6.07, 6.45) is -1.01. The molecule has 7 nitrogen and oxygen atoms in total. The molecular formula is C25H21NO6. The van der Waals surface area contributed by atoms with Crippen LogP contribution in [-0.4, -0.2) is 34.9 Å². The molecule has 1 aliphatic rings. The van der Waals surface area contributed by atoms with E-state index in [1.807, 2.05) is 48.5 Å². The lowest BCUT2D eigenvalue weighted by Crippen LogP contribution is -2.34. The number of carbonyl (C=O) groups excluding carboxylic acids is 1. The third-order valence-electron chi connectivity index (χ3n) is 5.52. The van der Waals surface area contributed by atoms with Crippen LogP contribution in [0.25, 0.3) is 11.1 Å². The van der Waals surface area contributed by atoms with E-state index in [9.17, 15) is 19.5 Å². The fourth-order valence-corrected chi connectivity index (χ4v) is 4.05. The van der Waals surface area contributed by atoms with E-state index in [0.29, 0.717) is 11.1 Å². The standard InChI is InChI=1S/C25H21NO6/c27-22(28)13-15-9-11-16(12-10-15)23(24(29)30)26-25(31)32-14-21-19-7-3-1-5-17(19)18-6-2-4-8-20(18)21/h1-12,21,23H,13-14H2,(H,26,31)(H,27,28)(H,29,30). The smallest absolute Gasteiger partial charge is 0.408 e. The van der Waals surface area contributed by atoms with Crippen LogP contribution in [-0.2, 0) is 20.7 Å². The maximum Gasteiger partial charge on any atom is 0.408 e. The van der Waals surface area contributed by atoms with Gasteiger partial charge in [-0.3, -0.25) is 4.79 Å². The predicted molar refractivity (Wildman–Crippen MR) is 116 cm³/mol. The van der Waals surface area contributed by atoms with E-state index in [2.05, 4.69) is 5.32 Å². The van der Waals surface area contributed by atoms with Crippen molar-refractivity contribution in [1.82, 2.24) is 5.32 Å². The van der Waals surface area contributed by atoms with Gasteiger partial charge in [0.1, 0.15) is 6.61 Å². The molecule has 0 fully saturated rings. The summed E-state index contributed by atoms with van der Waals surface area (Å²) in [5.74, 6) is -2.36. The maximum atomic E-state index is 12.4. The molecule has 162 valence electrons. The van der Waals surface area contributed by atoms with Gasteiger partial charge in [-0.05, 0) is 33.4 Å². The van der Waals surface area contributed by atoms with Gasteiger partial charge in [-0.25, -0.2) is 9.59 Å². The molecule has 0 radical (unpaired) electrons. The highest BCUT2D eigenvalue weighted by Gasteiger charge is 2.30. The zero-order valence-corrected chi connectivity index (χ0v) is 17.0. The average molecular weight is 431 g/mol. The third kappa shape index (κ3) is 4.32. The molecule has 0 aliphatic heterocycles. The fraction of sp³-hybridized carbons (Fsp3) is 0.160. The number of amides is 1. The number of carboxylic acids is 2. The van der Waals surface area contributed by atoms with Gasteiger partial charge in [-0.2, -0.15) is 0 Å². The molecule has 3 aromatic carbocycles. The SMILES string of the molecule is O=C(O)Cc1ccc(C(NC(=O)OCC2c3ccccc3-c3ccccc32)C(=O)O)cc1. The number of ether oxygens (including phenoxy) is 1. The van der Waals surface area contributed by atoms with Crippen LogP contribution < -0.4 is 5.32 Å². The Morgan fingerprint density at radius 3 is 1.94 bits per heavy atom. The molecule has 0 heterocycles. The first-order chi connectivity index (χ1) is 15.4. The molecular weight excluding hydrogens is 410 g/mol. The molecule has 3 aromatic rings. The monoisotopic (exact) mass is 431 g/mol. The second kappa shape index (κ2) is 8.93. The highest BCUT2D eigenvalue weighted by molar-refractivity contribution is 5.82. The van der Waals surface area contributed by atoms with Crippen LogP contribution in [0.2, 0.25) is 0 Å². The van der Waals surface area contributed by atoms with Gasteiger partial charge < -0.3 is 20.3 Å². The largest absolute Gasteiger partial charge is 0.481 e. The number of fused-ring (bicyclic) bond motifs is 3. The number of rotatable bonds is 7. The first-order valence-electron chi connectivity index (χ1n) is 10.1. The van der Waals surface area contributed by atoms with Crippen molar-refractivity contribution in [2.45, 2.75) is 18.4 Å². The molecule has 1 atom stereocenters. The van der Waals surface area contributed by atoms with Gasteiger partial charge in [-0.1, -0.05) is 72.8 Å². The normalized spacial score (nSPS) is 13.0. The molecule has 1 amide bonds. The zero-order valence-electron chi connectivity index (χ0n) is 17.0. The lowest BCUT2D eigenvalue weighted by molar-refractivity contribution is -0.139. The molecule has 1 aliphatic carbocycles. The van der Waals surface area contributed by atoms with Gasteiger partial charge in [0.05, 0.1) is 6.42 Å². The first-order valence-corrected chi connectivity index (χ1v) is 10.1. The van der Waals surface area contributed by atoms with E-state index < -0.39 is 24.1 Å². The number of aliphatic carboxylic acids is 2. The van der Waals surface area contributed by atoms with Gasteiger partial charge in [0, 0.05) is 5.92 Å². The summed E-state index contributed by atoms with van der Waals surface area (Å²) in [7, 11) is 0. The lowest BCUT2D eigenvalue weighted by atomic mass is 9.98. The van der Waals surface area contributed by atoms with Crippen LogP contribution in [0.5, 0.6) is 0 Å². The van der Waals surface area contributed by atoms with Crippen molar-refractivity contribution in [3.8, 4) is 11.1 Å². The molecule has 3 N–H and O–H groups in total. The summed E-state index contributed by atoms with van der Waals surface area (Å²) in [6.45, 7) is 0.0732. The summed E-state index contributed by atoms with van der Waals surface area (Å²) >= 11 is 0. The van der Waals surface area contributed by atoms with Gasteiger partial charge in [0.25, 0.3) is 0 Å². The minimum absolute atomic E-state index is 0.0732. The molecule has 0 bridgehead atoms. The van der Waals surface area contributed by atoms with E-state index in [4.69, 9.17) is 9.84 Å². The number of benzene rings is 3. The van der Waals surface area contributed by atoms with Crippen molar-refractivity contribution < 1.29 is 29.3 Å². The quantitative estimate of drug-likeness (QED) is 0.522. The molecule has 0 spiro atoms. The summed E-state index contributed by atoms with van der Waals surface area (Å²) in [5, 5.41) is 20.8. The Hall–Kier alpha value is -4.13. The van der Waals surface area contributed by atoms with E-state index in [0.717, 1.165) is 22.3 Å². The van der Waals surface area contributed by atoms with Crippen molar-refractivity contribution in [1.29, 1.82) is 0 Å². The van der Waals surface area contributed by atoms with Crippen LogP contribution in [0.3, 0.4) is 0 Å². The summed E-state index contributed by atoms with van der Waals surface area (Å²) in [6, 6.07) is 20.6. The highest BCUT2D eigenvalue weighted by Crippen LogP contribution is 2.44. The summed E-state index contributed by atoms with van der Waals surface area (Å²) in [5.41, 5.74) is 5.17. The summed E-state index contributed by atoms with van der Waals surface area (Å²) in [4.78, 5) is 35.0. The first kappa shape index (κ1) is 21.1. The number of carboxylic acid groups (broad SMARTS) is 2. The van der Waals surface area contributed by atoms with E-state index in [1.54, 1.807) is 0 Å². The molecule has 4 rings (SSSR count). The fourth-order valence-electron chi connectivity index (χ4n) is 4.05. The Bertz CT molecular complexity index is 1130. The maximum absolute atomic E-state index is 12.4. The highest BCUT2D eigenvalue weighted by atomic mass is 16.5. The van der Waals surface area contributed by atoms with Crippen LogP contribution >= 0.6 is 0 Å². The Morgan fingerprint density at radius 1 is 0.844 bits per heavy atom. The number of hydrogen-bond donors (Lipinski definition) is 3. The molecule has 0 saturated heterocycles. The number of nitrogens with one attached hydrogen (secondary N) is 1. The lowest BCUT2D eigenvalue weighted by Gasteiger charge is -2.18. The van der Waals surface area contributed by atoms with Crippen LogP contribution in [0.15, 0.2) is 72.8 Å². The van der Waals surface area contributed by atoms with Gasteiger partial charge >= 0.3 is 18.0 Å². The molecule has 7 heteroatoms. The third-order valence-corrected chi connectivity index (χ3v) is 5.52. The average Bonchev–Trinajstić information content (AvgIpc) is 3.10. The van der Waals surface area contributed by atoms with E-state index in [-0.39, 0.29) is 18.9 Å². The molecule has 0 saturated carbocycles. The van der Waals surface area contributed by atoms with Crippen LogP contribution in [0, 0.1) is 0 Å². The van der Waals surface area contributed by atoms with Crippen molar-refractivity contribution in [3.63, 3.8) is 0 Å². The zero-order chi connectivity index (χ0) is 22.7. The van der Waals surface area contributed by atoms with E-state index >= 15 is 0 Å². The number of alkyl carbamates (subject to hydrolysis) is 1.